The van der Waals surface area contributed by atoms with Crippen molar-refractivity contribution in [2.45, 2.75) is 4.90 Å². The van der Waals surface area contributed by atoms with Gasteiger partial charge in [-0.05, 0) is 18.2 Å². The minimum Gasteiger partial charge on any atom is -0.278 e. The van der Waals surface area contributed by atoms with E-state index in [1.54, 1.807) is 6.07 Å². The fraction of sp³-hybridized carbons (Fsp3) is 0. The fourth-order valence-corrected chi connectivity index (χ4v) is 3.18. The summed E-state index contributed by atoms with van der Waals surface area (Å²) in [5.41, 5.74) is 0.741. The smallest absolute Gasteiger partial charge is 0.270 e. The van der Waals surface area contributed by atoms with Crippen LogP contribution in [0.1, 0.15) is 0 Å². The van der Waals surface area contributed by atoms with Crippen LogP contribution in [0.2, 0.25) is 0 Å². The number of hydrogen-bond donors (Lipinski definition) is 1. The van der Waals surface area contributed by atoms with Gasteiger partial charge >= 0.3 is 0 Å². The summed E-state index contributed by atoms with van der Waals surface area (Å²) in [6, 6.07) is 13.8. The van der Waals surface area contributed by atoms with Crippen molar-refractivity contribution in [2.75, 3.05) is 4.72 Å². The second-order valence-electron chi connectivity index (χ2n) is 4.78. The largest absolute Gasteiger partial charge is 0.278 e. The zero-order chi connectivity index (χ0) is 16.4. The fourth-order valence-electron chi connectivity index (χ4n) is 2.11. The Morgan fingerprint density at radius 3 is 2.61 bits per heavy atom. The zero-order valence-corrected chi connectivity index (χ0v) is 12.5. The van der Waals surface area contributed by atoms with Crippen LogP contribution in [0, 0.1) is 10.1 Å². The van der Waals surface area contributed by atoms with E-state index in [9.17, 15) is 18.5 Å². The van der Waals surface area contributed by atoms with Gasteiger partial charge in [-0.2, -0.15) is 0 Å². The lowest BCUT2D eigenvalue weighted by Gasteiger charge is -2.08. The van der Waals surface area contributed by atoms with Crippen LogP contribution in [0.15, 0.2) is 65.7 Å². The van der Waals surface area contributed by atoms with Crippen LogP contribution in [0.5, 0.6) is 0 Å². The molecule has 23 heavy (non-hydrogen) atoms. The van der Waals surface area contributed by atoms with Crippen molar-refractivity contribution in [3.8, 4) is 0 Å². The highest BCUT2D eigenvalue weighted by molar-refractivity contribution is 7.92. The predicted molar refractivity (Wildman–Crippen MR) is 85.6 cm³/mol. The summed E-state index contributed by atoms with van der Waals surface area (Å²) in [5, 5.41) is 11.5. The molecule has 2 aromatic carbocycles. The lowest BCUT2D eigenvalue weighted by atomic mass is 10.2. The number of anilines is 1. The molecule has 1 heterocycles. The quantitative estimate of drug-likeness (QED) is 0.585. The van der Waals surface area contributed by atoms with Gasteiger partial charge in [0.05, 0.1) is 27.2 Å². The van der Waals surface area contributed by atoms with Crippen molar-refractivity contribution in [3.05, 3.63) is 70.9 Å². The Morgan fingerprint density at radius 1 is 1.04 bits per heavy atom. The van der Waals surface area contributed by atoms with Crippen molar-refractivity contribution in [3.63, 3.8) is 0 Å². The molecule has 0 aliphatic carbocycles. The van der Waals surface area contributed by atoms with Gasteiger partial charge in [0.15, 0.2) is 0 Å². The van der Waals surface area contributed by atoms with E-state index >= 15 is 0 Å². The molecule has 0 saturated carbocycles. The molecule has 116 valence electrons. The lowest BCUT2D eigenvalue weighted by Crippen LogP contribution is -2.13. The molecule has 0 radical (unpaired) electrons. The van der Waals surface area contributed by atoms with Gasteiger partial charge in [0.25, 0.3) is 15.7 Å². The number of pyridine rings is 1. The first-order valence-corrected chi connectivity index (χ1v) is 8.06. The first-order valence-electron chi connectivity index (χ1n) is 6.58. The summed E-state index contributed by atoms with van der Waals surface area (Å²) < 4.78 is 27.1. The molecule has 8 heteroatoms. The topological polar surface area (TPSA) is 102 Å². The van der Waals surface area contributed by atoms with E-state index in [1.807, 2.05) is 24.3 Å². The summed E-state index contributed by atoms with van der Waals surface area (Å²) in [4.78, 5) is 14.1. The van der Waals surface area contributed by atoms with Crippen LogP contribution in [0.3, 0.4) is 0 Å². The van der Waals surface area contributed by atoms with E-state index in [0.717, 1.165) is 17.0 Å². The molecule has 0 spiro atoms. The van der Waals surface area contributed by atoms with Crippen LogP contribution in [-0.4, -0.2) is 18.3 Å². The van der Waals surface area contributed by atoms with Gasteiger partial charge in [-0.3, -0.25) is 19.8 Å². The molecule has 0 aliphatic rings. The first-order chi connectivity index (χ1) is 11.0. The highest BCUT2D eigenvalue weighted by Crippen LogP contribution is 2.22. The Labute approximate surface area is 131 Å². The summed E-state index contributed by atoms with van der Waals surface area (Å²) in [6.07, 6.45) is 1.40. The van der Waals surface area contributed by atoms with Gasteiger partial charge in [-0.1, -0.05) is 24.3 Å². The number of nitro groups is 1. The first kappa shape index (κ1) is 14.9. The van der Waals surface area contributed by atoms with Crippen molar-refractivity contribution in [1.29, 1.82) is 0 Å². The second kappa shape index (κ2) is 5.65. The SMILES string of the molecule is O=[N+]([O-])c1cccc(S(=O)(=O)Nc2cnc3ccccc3c2)c1. The van der Waals surface area contributed by atoms with Gasteiger partial charge in [0.1, 0.15) is 0 Å². The van der Waals surface area contributed by atoms with E-state index in [-0.39, 0.29) is 16.3 Å². The standard InChI is InChI=1S/C15H11N3O4S/c19-18(20)13-5-3-6-14(9-13)23(21,22)17-12-8-11-4-1-2-7-15(11)16-10-12/h1-10,17H. The number of para-hydroxylation sites is 1. The minimum atomic E-state index is -3.93. The number of aromatic nitrogens is 1. The summed E-state index contributed by atoms with van der Waals surface area (Å²) in [6.45, 7) is 0. The maximum Gasteiger partial charge on any atom is 0.270 e. The Kier molecular flexibility index (Phi) is 3.67. The molecule has 0 unspecified atom stereocenters. The van der Waals surface area contributed by atoms with Gasteiger partial charge in [-0.25, -0.2) is 8.42 Å². The Balaban J connectivity index is 1.96. The number of sulfonamides is 1. The number of nitrogens with zero attached hydrogens (tertiary/aromatic N) is 2. The van der Waals surface area contributed by atoms with Crippen molar-refractivity contribution < 1.29 is 13.3 Å². The number of rotatable bonds is 4. The maximum absolute atomic E-state index is 12.4. The van der Waals surface area contributed by atoms with Crippen LogP contribution in [-0.2, 0) is 10.0 Å². The number of fused-ring (bicyclic) bond motifs is 1. The van der Waals surface area contributed by atoms with Crippen LogP contribution in [0.25, 0.3) is 10.9 Å². The highest BCUT2D eigenvalue weighted by Gasteiger charge is 2.18. The summed E-state index contributed by atoms with van der Waals surface area (Å²) in [7, 11) is -3.93. The third-order valence-corrected chi connectivity index (χ3v) is 4.56. The van der Waals surface area contributed by atoms with Gasteiger partial charge in [0.2, 0.25) is 0 Å². The molecule has 0 bridgehead atoms. The number of nitro benzene ring substituents is 1. The molecule has 0 aliphatic heterocycles. The molecule has 0 saturated heterocycles. The molecule has 0 amide bonds. The van der Waals surface area contributed by atoms with Gasteiger partial charge in [0, 0.05) is 17.5 Å². The molecule has 0 fully saturated rings. The number of benzene rings is 2. The minimum absolute atomic E-state index is 0.181. The zero-order valence-electron chi connectivity index (χ0n) is 11.7. The third-order valence-electron chi connectivity index (χ3n) is 3.18. The molecule has 1 aromatic heterocycles. The van der Waals surface area contributed by atoms with Crippen LogP contribution >= 0.6 is 0 Å². The van der Waals surface area contributed by atoms with E-state index in [1.165, 1.54) is 24.4 Å². The Morgan fingerprint density at radius 2 is 1.83 bits per heavy atom. The van der Waals surface area contributed by atoms with Crippen LogP contribution < -0.4 is 4.72 Å². The van der Waals surface area contributed by atoms with E-state index in [0.29, 0.717) is 0 Å². The monoisotopic (exact) mass is 329 g/mol. The predicted octanol–water partition coefficient (Wildman–Crippen LogP) is 2.94. The maximum atomic E-state index is 12.4. The van der Waals surface area contributed by atoms with E-state index in [4.69, 9.17) is 0 Å². The Hall–Kier alpha value is -3.00. The molecule has 0 atom stereocenters. The molecule has 3 aromatic rings. The molecule has 7 nitrogen and oxygen atoms in total. The number of non-ortho nitro benzene ring substituents is 1. The van der Waals surface area contributed by atoms with Crippen molar-refractivity contribution in [2.24, 2.45) is 0 Å². The second-order valence-corrected chi connectivity index (χ2v) is 6.46. The molecular weight excluding hydrogens is 318 g/mol. The number of nitrogens with one attached hydrogen (secondary N) is 1. The van der Waals surface area contributed by atoms with E-state index < -0.39 is 14.9 Å². The van der Waals surface area contributed by atoms with Gasteiger partial charge < -0.3 is 0 Å². The van der Waals surface area contributed by atoms with Crippen molar-refractivity contribution in [1.82, 2.24) is 4.98 Å². The van der Waals surface area contributed by atoms with Crippen molar-refractivity contribution >= 4 is 32.3 Å². The average molecular weight is 329 g/mol. The van der Waals surface area contributed by atoms with Crippen LogP contribution in [0.4, 0.5) is 11.4 Å². The summed E-state index contributed by atoms with van der Waals surface area (Å²) in [5.74, 6) is 0. The lowest BCUT2D eigenvalue weighted by molar-refractivity contribution is -0.385. The third kappa shape index (κ3) is 3.11. The summed E-state index contributed by atoms with van der Waals surface area (Å²) >= 11 is 0. The van der Waals surface area contributed by atoms with Gasteiger partial charge in [-0.15, -0.1) is 0 Å². The molecular formula is C15H11N3O4S. The van der Waals surface area contributed by atoms with E-state index in [2.05, 4.69) is 9.71 Å². The number of hydrogen-bond acceptors (Lipinski definition) is 5. The molecule has 3 rings (SSSR count). The molecule has 1 N–H and O–H groups in total. The average Bonchev–Trinajstić information content (AvgIpc) is 2.54. The Bertz CT molecular complexity index is 1000. The normalized spacial score (nSPS) is 11.3. The highest BCUT2D eigenvalue weighted by atomic mass is 32.2.